The van der Waals surface area contributed by atoms with Crippen molar-refractivity contribution in [2.75, 3.05) is 4.90 Å². The van der Waals surface area contributed by atoms with Crippen molar-refractivity contribution in [1.29, 1.82) is 0 Å². The molecule has 31 heavy (non-hydrogen) atoms. The molecule has 2 aromatic carbocycles. The van der Waals surface area contributed by atoms with Gasteiger partial charge in [0.25, 0.3) is 0 Å². The first-order chi connectivity index (χ1) is 14.5. The molecule has 0 saturated carbocycles. The molecule has 0 aromatic heterocycles. The number of carbonyl (C=O) groups is 2. The molecule has 0 radical (unpaired) electrons. The minimum Gasteiger partial charge on any atom is -0.294 e. The molecule has 1 aliphatic heterocycles. The van der Waals surface area contributed by atoms with E-state index in [1.54, 1.807) is 0 Å². The number of para-hydroxylation sites is 1. The van der Waals surface area contributed by atoms with Gasteiger partial charge in [0, 0.05) is 30.0 Å². The fourth-order valence-corrected chi connectivity index (χ4v) is 4.69. The zero-order valence-corrected chi connectivity index (χ0v) is 17.7. The van der Waals surface area contributed by atoms with E-state index in [-0.39, 0.29) is 17.9 Å². The van der Waals surface area contributed by atoms with E-state index in [4.69, 9.17) is 0 Å². The molecule has 2 aromatic rings. The molecule has 1 aliphatic carbocycles. The molecule has 1 unspecified atom stereocenters. The van der Waals surface area contributed by atoms with Crippen LogP contribution in [0, 0.1) is 12.3 Å². The molecule has 1 amide bonds. The van der Waals surface area contributed by atoms with Crippen LogP contribution in [0.25, 0.3) is 0 Å². The maximum absolute atomic E-state index is 13.7. The van der Waals surface area contributed by atoms with Gasteiger partial charge in [-0.25, -0.2) is 0 Å². The van der Waals surface area contributed by atoms with Crippen molar-refractivity contribution in [3.63, 3.8) is 0 Å². The van der Waals surface area contributed by atoms with Crippen molar-refractivity contribution in [2.45, 2.75) is 52.1 Å². The van der Waals surface area contributed by atoms with E-state index in [1.165, 1.54) is 18.2 Å². The summed E-state index contributed by atoms with van der Waals surface area (Å²) in [5, 5.41) is 0. The molecule has 0 bridgehead atoms. The zero-order chi connectivity index (χ0) is 22.6. The lowest BCUT2D eigenvalue weighted by molar-refractivity contribution is -0.137. The third kappa shape index (κ3) is 3.91. The first-order valence-electron chi connectivity index (χ1n) is 10.3. The second-order valence-corrected chi connectivity index (χ2v) is 9.21. The third-order valence-corrected chi connectivity index (χ3v) is 6.07. The molecular weight excluding hydrogens is 403 g/mol. The Labute approximate surface area is 179 Å². The summed E-state index contributed by atoms with van der Waals surface area (Å²) >= 11 is 0. The van der Waals surface area contributed by atoms with Gasteiger partial charge in [-0.05, 0) is 36.5 Å². The topological polar surface area (TPSA) is 37.4 Å². The number of amides is 1. The first-order valence-corrected chi connectivity index (χ1v) is 10.3. The molecule has 0 spiro atoms. The third-order valence-electron chi connectivity index (χ3n) is 6.07. The van der Waals surface area contributed by atoms with Crippen LogP contribution in [0.15, 0.2) is 59.8 Å². The van der Waals surface area contributed by atoms with Gasteiger partial charge in [0.2, 0.25) is 5.91 Å². The van der Waals surface area contributed by atoms with Crippen LogP contribution in [-0.4, -0.2) is 11.7 Å². The van der Waals surface area contributed by atoms with E-state index in [9.17, 15) is 22.8 Å². The lowest BCUT2D eigenvalue weighted by atomic mass is 9.69. The number of Topliss-reactive ketones (excluding diaryl/α,β-unsaturated/α-hetero) is 1. The van der Waals surface area contributed by atoms with Gasteiger partial charge in [0.15, 0.2) is 5.78 Å². The number of rotatable bonds is 2. The highest BCUT2D eigenvalue weighted by molar-refractivity contribution is 6.08. The Morgan fingerprint density at radius 3 is 2.26 bits per heavy atom. The highest BCUT2D eigenvalue weighted by atomic mass is 19.4. The zero-order valence-electron chi connectivity index (χ0n) is 17.7. The normalized spacial score (nSPS) is 21.4. The lowest BCUT2D eigenvalue weighted by Crippen LogP contribution is -2.44. The summed E-state index contributed by atoms with van der Waals surface area (Å²) in [7, 11) is 0. The largest absolute Gasteiger partial charge is 0.418 e. The van der Waals surface area contributed by atoms with E-state index in [2.05, 4.69) is 0 Å². The van der Waals surface area contributed by atoms with Crippen LogP contribution in [0.2, 0.25) is 0 Å². The van der Waals surface area contributed by atoms with Crippen LogP contribution in [-0.2, 0) is 15.8 Å². The SMILES string of the molecule is Cc1ccc(C2CC(=O)N(c3ccccc3C(F)(F)F)C3=C2C(=O)CC(C)(C)C3)cc1. The van der Waals surface area contributed by atoms with Crippen molar-refractivity contribution in [3.05, 3.63) is 76.5 Å². The van der Waals surface area contributed by atoms with Crippen LogP contribution in [0.1, 0.15) is 55.7 Å². The molecule has 0 fully saturated rings. The quantitative estimate of drug-likeness (QED) is 0.574. The van der Waals surface area contributed by atoms with Gasteiger partial charge < -0.3 is 0 Å². The van der Waals surface area contributed by atoms with Crippen molar-refractivity contribution in [1.82, 2.24) is 0 Å². The van der Waals surface area contributed by atoms with Gasteiger partial charge in [0.05, 0.1) is 11.3 Å². The average molecular weight is 427 g/mol. The number of ketones is 1. The number of aryl methyl sites for hydroxylation is 1. The number of hydrogen-bond acceptors (Lipinski definition) is 2. The second-order valence-electron chi connectivity index (χ2n) is 9.21. The second kappa shape index (κ2) is 7.36. The van der Waals surface area contributed by atoms with Crippen LogP contribution in [0.4, 0.5) is 18.9 Å². The van der Waals surface area contributed by atoms with E-state index in [1.807, 2.05) is 45.0 Å². The number of halogens is 3. The first kappa shape index (κ1) is 21.3. The highest BCUT2D eigenvalue weighted by Crippen LogP contribution is 2.49. The van der Waals surface area contributed by atoms with Gasteiger partial charge in [-0.3, -0.25) is 14.5 Å². The smallest absolute Gasteiger partial charge is 0.294 e. The standard InChI is InChI=1S/C25H24F3NO2/c1-15-8-10-16(11-9-15)17-12-22(31)29(19-7-5-4-6-18(19)25(26,27)28)20-13-24(2,3)14-21(30)23(17)20/h4-11,17H,12-14H2,1-3H3. The van der Waals surface area contributed by atoms with Crippen molar-refractivity contribution in [3.8, 4) is 0 Å². The Bertz CT molecular complexity index is 1080. The number of hydrogen-bond donors (Lipinski definition) is 0. The van der Waals surface area contributed by atoms with E-state index >= 15 is 0 Å². The Morgan fingerprint density at radius 1 is 0.968 bits per heavy atom. The molecule has 0 N–H and O–H groups in total. The number of alkyl halides is 3. The van der Waals surface area contributed by atoms with Crippen molar-refractivity contribution in [2.24, 2.45) is 5.41 Å². The number of benzene rings is 2. The molecule has 2 aliphatic rings. The molecule has 3 nitrogen and oxygen atoms in total. The molecule has 162 valence electrons. The minimum absolute atomic E-state index is 0.0414. The van der Waals surface area contributed by atoms with Gasteiger partial charge in [0.1, 0.15) is 0 Å². The predicted molar refractivity (Wildman–Crippen MR) is 113 cm³/mol. The molecule has 6 heteroatoms. The van der Waals surface area contributed by atoms with E-state index in [0.29, 0.717) is 24.1 Å². The fraction of sp³-hybridized carbons (Fsp3) is 0.360. The van der Waals surface area contributed by atoms with Crippen LogP contribution < -0.4 is 4.90 Å². The number of allylic oxidation sites excluding steroid dienone is 2. The average Bonchev–Trinajstić information content (AvgIpc) is 2.66. The summed E-state index contributed by atoms with van der Waals surface area (Å²) in [6.07, 6.45) is -3.99. The number of nitrogens with zero attached hydrogens (tertiary/aromatic N) is 1. The van der Waals surface area contributed by atoms with Gasteiger partial charge in [-0.15, -0.1) is 0 Å². The lowest BCUT2D eigenvalue weighted by Gasteiger charge is -2.43. The molecule has 0 saturated heterocycles. The maximum Gasteiger partial charge on any atom is 0.418 e. The monoisotopic (exact) mass is 427 g/mol. The van der Waals surface area contributed by atoms with Crippen LogP contribution in [0.3, 0.4) is 0 Å². The Kier molecular flexibility index (Phi) is 5.07. The van der Waals surface area contributed by atoms with E-state index < -0.39 is 29.0 Å². The minimum atomic E-state index is -4.61. The molecule has 1 heterocycles. The summed E-state index contributed by atoms with van der Waals surface area (Å²) in [5.74, 6) is -0.966. The summed E-state index contributed by atoms with van der Waals surface area (Å²) in [6, 6.07) is 12.7. The van der Waals surface area contributed by atoms with Crippen molar-refractivity contribution >= 4 is 17.4 Å². The van der Waals surface area contributed by atoms with Gasteiger partial charge in [-0.2, -0.15) is 13.2 Å². The Balaban J connectivity index is 1.94. The van der Waals surface area contributed by atoms with E-state index in [0.717, 1.165) is 22.1 Å². The molecule has 1 atom stereocenters. The fourth-order valence-electron chi connectivity index (χ4n) is 4.69. The Hall–Kier alpha value is -2.89. The number of carbonyl (C=O) groups excluding carboxylic acids is 2. The summed E-state index contributed by atoms with van der Waals surface area (Å²) in [6.45, 7) is 5.76. The summed E-state index contributed by atoms with van der Waals surface area (Å²) < 4.78 is 41.2. The molecular formula is C25H24F3NO2. The predicted octanol–water partition coefficient (Wildman–Crippen LogP) is 6.18. The summed E-state index contributed by atoms with van der Waals surface area (Å²) in [5.41, 5.74) is 1.23. The summed E-state index contributed by atoms with van der Waals surface area (Å²) in [4.78, 5) is 27.7. The van der Waals surface area contributed by atoms with Crippen LogP contribution in [0.5, 0.6) is 0 Å². The molecule has 4 rings (SSSR count). The van der Waals surface area contributed by atoms with Gasteiger partial charge in [-0.1, -0.05) is 55.8 Å². The Morgan fingerprint density at radius 2 is 1.61 bits per heavy atom. The maximum atomic E-state index is 13.7. The van der Waals surface area contributed by atoms with Crippen LogP contribution >= 0.6 is 0 Å². The van der Waals surface area contributed by atoms with Crippen molar-refractivity contribution < 1.29 is 22.8 Å². The van der Waals surface area contributed by atoms with Gasteiger partial charge >= 0.3 is 6.18 Å². The number of anilines is 1. The highest BCUT2D eigenvalue weighted by Gasteiger charge is 2.46.